The van der Waals surface area contributed by atoms with Crippen LogP contribution in [0.4, 0.5) is 0 Å². The van der Waals surface area contributed by atoms with Gasteiger partial charge in [-0.25, -0.2) is 0 Å². The van der Waals surface area contributed by atoms with Gasteiger partial charge in [0.05, 0.1) is 0 Å². The van der Waals surface area contributed by atoms with E-state index in [1.165, 1.54) is 6.92 Å². The Kier molecular flexibility index (Phi) is 3.65. The molecule has 0 radical (unpaired) electrons. The maximum absolute atomic E-state index is 11.0. The lowest BCUT2D eigenvalue weighted by molar-refractivity contribution is -0.116. The van der Waals surface area contributed by atoms with E-state index in [0.29, 0.717) is 15.5 Å². The van der Waals surface area contributed by atoms with Gasteiger partial charge in [-0.05, 0) is 24.6 Å². The fourth-order valence-corrected chi connectivity index (χ4v) is 1.81. The molecule has 4 heteroatoms. The number of hydrogen-bond donors (Lipinski definition) is 1. The topological polar surface area (TPSA) is 17.1 Å². The summed E-state index contributed by atoms with van der Waals surface area (Å²) in [6.45, 7) is 1.44. The first kappa shape index (κ1) is 10.9. The summed E-state index contributed by atoms with van der Waals surface area (Å²) < 4.78 is 0. The van der Waals surface area contributed by atoms with Crippen LogP contribution >= 0.6 is 35.8 Å². The van der Waals surface area contributed by atoms with Crippen molar-refractivity contribution < 1.29 is 4.79 Å². The molecule has 0 aliphatic heterocycles. The largest absolute Gasteiger partial charge is 0.298 e. The molecular weight excluding hydrogens is 227 g/mol. The van der Waals surface area contributed by atoms with E-state index in [4.69, 9.17) is 23.2 Å². The van der Waals surface area contributed by atoms with Gasteiger partial charge >= 0.3 is 0 Å². The van der Waals surface area contributed by atoms with Gasteiger partial charge in [0.25, 0.3) is 0 Å². The van der Waals surface area contributed by atoms with Gasteiger partial charge in [-0.2, -0.15) is 0 Å². The van der Waals surface area contributed by atoms with Gasteiger partial charge in [-0.15, -0.1) is 24.2 Å². The molecule has 0 fully saturated rings. The monoisotopic (exact) mass is 234 g/mol. The van der Waals surface area contributed by atoms with Crippen LogP contribution in [0.15, 0.2) is 23.1 Å². The number of carbonyl (C=O) groups is 1. The lowest BCUT2D eigenvalue weighted by Gasteiger charge is -2.08. The Balaban J connectivity index is 3.08. The Morgan fingerprint density at radius 1 is 1.54 bits per heavy atom. The highest BCUT2D eigenvalue weighted by Gasteiger charge is 2.15. The van der Waals surface area contributed by atoms with Crippen LogP contribution in [-0.2, 0) is 4.79 Å². The zero-order chi connectivity index (χ0) is 10.0. The van der Waals surface area contributed by atoms with E-state index in [1.54, 1.807) is 18.2 Å². The summed E-state index contributed by atoms with van der Waals surface area (Å²) in [5, 5.41) is -0.0501. The number of alkyl halides is 1. The standard InChI is InChI=1S/C9H8Cl2OS/c1-5(12)9(11)7-3-2-6(10)4-8(7)13/h2-4,9,13H,1H3. The molecule has 13 heavy (non-hydrogen) atoms. The molecule has 0 bridgehead atoms. The Labute approximate surface area is 92.4 Å². The number of thiol groups is 1. The highest BCUT2D eigenvalue weighted by molar-refractivity contribution is 7.80. The molecule has 0 spiro atoms. The zero-order valence-electron chi connectivity index (χ0n) is 6.92. The first-order chi connectivity index (χ1) is 6.02. The van der Waals surface area contributed by atoms with Gasteiger partial charge in [0.1, 0.15) is 5.38 Å². The maximum Gasteiger partial charge on any atom is 0.152 e. The van der Waals surface area contributed by atoms with Crippen LogP contribution in [0.2, 0.25) is 5.02 Å². The van der Waals surface area contributed by atoms with Crippen molar-refractivity contribution in [2.75, 3.05) is 0 Å². The number of hydrogen-bond acceptors (Lipinski definition) is 2. The van der Waals surface area contributed by atoms with Crippen molar-refractivity contribution in [1.82, 2.24) is 0 Å². The van der Waals surface area contributed by atoms with Crippen molar-refractivity contribution in [2.45, 2.75) is 17.2 Å². The highest BCUT2D eigenvalue weighted by atomic mass is 35.5. The molecule has 0 amide bonds. The molecule has 0 saturated carbocycles. The number of Topliss-reactive ketones (excluding diaryl/α,β-unsaturated/α-hetero) is 1. The minimum Gasteiger partial charge on any atom is -0.298 e. The normalized spacial score (nSPS) is 12.6. The second-order valence-corrected chi connectivity index (χ2v) is 4.03. The summed E-state index contributed by atoms with van der Waals surface area (Å²) >= 11 is 15.8. The van der Waals surface area contributed by atoms with Gasteiger partial charge < -0.3 is 0 Å². The van der Waals surface area contributed by atoms with Crippen LogP contribution in [0.5, 0.6) is 0 Å². The summed E-state index contributed by atoms with van der Waals surface area (Å²) in [6, 6.07) is 5.07. The van der Waals surface area contributed by atoms with Crippen LogP contribution in [0, 0.1) is 0 Å². The molecule has 1 atom stereocenters. The first-order valence-corrected chi connectivity index (χ1v) is 4.91. The van der Waals surface area contributed by atoms with Crippen molar-refractivity contribution in [3.63, 3.8) is 0 Å². The average Bonchev–Trinajstić information content (AvgIpc) is 2.03. The second-order valence-electron chi connectivity index (χ2n) is 2.68. The van der Waals surface area contributed by atoms with Gasteiger partial charge in [-0.3, -0.25) is 4.79 Å². The van der Waals surface area contributed by atoms with E-state index < -0.39 is 5.38 Å². The maximum atomic E-state index is 11.0. The van der Waals surface area contributed by atoms with Gasteiger partial charge in [0, 0.05) is 9.92 Å². The smallest absolute Gasteiger partial charge is 0.152 e. The Bertz CT molecular complexity index is 338. The van der Waals surface area contributed by atoms with Crippen LogP contribution in [0.25, 0.3) is 0 Å². The average molecular weight is 235 g/mol. The van der Waals surface area contributed by atoms with Crippen molar-refractivity contribution in [3.05, 3.63) is 28.8 Å². The molecule has 0 aliphatic carbocycles. The molecular formula is C9H8Cl2OS. The van der Waals surface area contributed by atoms with Crippen molar-refractivity contribution in [1.29, 1.82) is 0 Å². The molecule has 1 aromatic rings. The van der Waals surface area contributed by atoms with E-state index in [0.717, 1.165) is 0 Å². The second kappa shape index (κ2) is 4.36. The Hall–Kier alpha value is -0.180. The third kappa shape index (κ3) is 2.63. The number of ketones is 1. The van der Waals surface area contributed by atoms with E-state index in [1.807, 2.05) is 0 Å². The molecule has 0 saturated heterocycles. The number of benzene rings is 1. The summed E-state index contributed by atoms with van der Waals surface area (Å²) in [6.07, 6.45) is 0. The lowest BCUT2D eigenvalue weighted by Crippen LogP contribution is -2.02. The Morgan fingerprint density at radius 2 is 2.15 bits per heavy atom. The van der Waals surface area contributed by atoms with Crippen LogP contribution < -0.4 is 0 Å². The summed E-state index contributed by atoms with van der Waals surface area (Å²) in [5.41, 5.74) is 0.696. The molecule has 70 valence electrons. The number of carbonyl (C=O) groups excluding carboxylic acids is 1. The third-order valence-corrected chi connectivity index (χ3v) is 2.79. The highest BCUT2D eigenvalue weighted by Crippen LogP contribution is 2.29. The SMILES string of the molecule is CC(=O)C(Cl)c1ccc(Cl)cc1S. The molecule has 0 heterocycles. The first-order valence-electron chi connectivity index (χ1n) is 3.65. The van der Waals surface area contributed by atoms with Gasteiger partial charge in [-0.1, -0.05) is 17.7 Å². The fourth-order valence-electron chi connectivity index (χ4n) is 0.950. The Morgan fingerprint density at radius 3 is 2.62 bits per heavy atom. The van der Waals surface area contributed by atoms with Crippen LogP contribution in [-0.4, -0.2) is 5.78 Å². The fraction of sp³-hybridized carbons (Fsp3) is 0.222. The van der Waals surface area contributed by atoms with Gasteiger partial charge in [0.15, 0.2) is 5.78 Å². The van der Waals surface area contributed by atoms with Gasteiger partial charge in [0.2, 0.25) is 0 Å². The zero-order valence-corrected chi connectivity index (χ0v) is 9.33. The predicted molar refractivity (Wildman–Crippen MR) is 58.0 cm³/mol. The minimum absolute atomic E-state index is 0.0979. The third-order valence-electron chi connectivity index (χ3n) is 1.62. The molecule has 1 nitrogen and oxygen atoms in total. The molecule has 1 unspecified atom stereocenters. The molecule has 1 aromatic carbocycles. The summed E-state index contributed by atoms with van der Waals surface area (Å²) in [4.78, 5) is 11.6. The van der Waals surface area contributed by atoms with E-state index in [-0.39, 0.29) is 5.78 Å². The molecule has 0 N–H and O–H groups in total. The quantitative estimate of drug-likeness (QED) is 0.613. The van der Waals surface area contributed by atoms with Crippen LogP contribution in [0.1, 0.15) is 17.9 Å². The number of rotatable bonds is 2. The molecule has 1 rings (SSSR count). The van der Waals surface area contributed by atoms with Crippen molar-refractivity contribution in [3.8, 4) is 0 Å². The van der Waals surface area contributed by atoms with Crippen LogP contribution in [0.3, 0.4) is 0 Å². The lowest BCUT2D eigenvalue weighted by atomic mass is 10.1. The number of halogens is 2. The van der Waals surface area contributed by atoms with Crippen molar-refractivity contribution >= 4 is 41.6 Å². The van der Waals surface area contributed by atoms with E-state index in [9.17, 15) is 4.79 Å². The summed E-state index contributed by atoms with van der Waals surface area (Å²) in [7, 11) is 0. The van der Waals surface area contributed by atoms with E-state index in [2.05, 4.69) is 12.6 Å². The van der Waals surface area contributed by atoms with Crippen molar-refractivity contribution in [2.24, 2.45) is 0 Å². The molecule has 0 aliphatic rings. The predicted octanol–water partition coefficient (Wildman–Crippen LogP) is 3.50. The minimum atomic E-state index is -0.634. The molecule has 0 aromatic heterocycles. The summed E-state index contributed by atoms with van der Waals surface area (Å²) in [5.74, 6) is -0.0979. The van der Waals surface area contributed by atoms with E-state index >= 15 is 0 Å².